The van der Waals surface area contributed by atoms with Crippen molar-refractivity contribution in [2.45, 2.75) is 33.2 Å². The molecule has 1 saturated heterocycles. The summed E-state index contributed by atoms with van der Waals surface area (Å²) in [5.41, 5.74) is 6.09. The molecule has 2 unspecified atom stereocenters. The van der Waals surface area contributed by atoms with E-state index in [0.717, 1.165) is 59.9 Å². The Morgan fingerprint density at radius 1 is 1.13 bits per heavy atom. The van der Waals surface area contributed by atoms with Crippen molar-refractivity contribution in [1.29, 1.82) is 0 Å². The van der Waals surface area contributed by atoms with E-state index in [2.05, 4.69) is 59.5 Å². The van der Waals surface area contributed by atoms with Crippen LogP contribution in [0.2, 0.25) is 0 Å². The summed E-state index contributed by atoms with van der Waals surface area (Å²) in [5, 5.41) is 3.48. The smallest absolute Gasteiger partial charge is 0.255 e. The molecular formula is C25H29N5O. The molecule has 3 aliphatic heterocycles. The number of allylic oxidation sites excluding steroid dienone is 4. The highest BCUT2D eigenvalue weighted by Crippen LogP contribution is 2.32. The van der Waals surface area contributed by atoms with E-state index in [4.69, 9.17) is 0 Å². The Morgan fingerprint density at radius 2 is 1.97 bits per heavy atom. The normalized spacial score (nSPS) is 24.4. The number of pyridine rings is 1. The maximum absolute atomic E-state index is 13.4. The van der Waals surface area contributed by atoms with Gasteiger partial charge in [-0.15, -0.1) is 0 Å². The Morgan fingerprint density at radius 3 is 2.81 bits per heavy atom. The lowest BCUT2D eigenvalue weighted by Gasteiger charge is -2.36. The molecule has 31 heavy (non-hydrogen) atoms. The third-order valence-electron chi connectivity index (χ3n) is 6.33. The molecular weight excluding hydrogens is 386 g/mol. The summed E-state index contributed by atoms with van der Waals surface area (Å²) in [6, 6.07) is 4.54. The SMILES string of the molecule is Cc1cn2cc(C3=CC(=O)N4C=C(N5CCNC(C)C5)C=CC4=CCC3C)ccc2n1. The number of nitrogens with one attached hydrogen (secondary N) is 1. The van der Waals surface area contributed by atoms with Gasteiger partial charge in [-0.05, 0) is 61.6 Å². The van der Waals surface area contributed by atoms with Gasteiger partial charge < -0.3 is 14.6 Å². The van der Waals surface area contributed by atoms with E-state index in [1.807, 2.05) is 35.9 Å². The van der Waals surface area contributed by atoms with E-state index in [1.54, 1.807) is 4.90 Å². The lowest BCUT2D eigenvalue weighted by atomic mass is 9.90. The highest BCUT2D eigenvalue weighted by atomic mass is 16.2. The number of hydrogen-bond donors (Lipinski definition) is 1. The van der Waals surface area contributed by atoms with Crippen molar-refractivity contribution in [1.82, 2.24) is 24.5 Å². The van der Waals surface area contributed by atoms with Gasteiger partial charge in [0, 0.05) is 56.0 Å². The van der Waals surface area contributed by atoms with E-state index in [0.29, 0.717) is 6.04 Å². The van der Waals surface area contributed by atoms with Crippen molar-refractivity contribution in [3.8, 4) is 0 Å². The minimum absolute atomic E-state index is 0.000239. The van der Waals surface area contributed by atoms with Crippen molar-refractivity contribution >= 4 is 17.1 Å². The number of rotatable bonds is 2. The third kappa shape index (κ3) is 3.83. The van der Waals surface area contributed by atoms with E-state index in [-0.39, 0.29) is 11.8 Å². The van der Waals surface area contributed by atoms with Crippen LogP contribution in [0.5, 0.6) is 0 Å². The van der Waals surface area contributed by atoms with Gasteiger partial charge in [0.25, 0.3) is 5.91 Å². The molecule has 0 spiro atoms. The van der Waals surface area contributed by atoms with Crippen LogP contribution in [0.4, 0.5) is 0 Å². The number of carbonyl (C=O) groups excluding carboxylic acids is 1. The Balaban J connectivity index is 1.48. The number of imidazole rings is 1. The van der Waals surface area contributed by atoms with Gasteiger partial charge in [-0.2, -0.15) is 0 Å². The fourth-order valence-corrected chi connectivity index (χ4v) is 4.64. The molecule has 0 aliphatic carbocycles. The second-order valence-electron chi connectivity index (χ2n) is 8.83. The first-order valence-electron chi connectivity index (χ1n) is 11.1. The molecule has 0 bridgehead atoms. The van der Waals surface area contributed by atoms with Gasteiger partial charge in [-0.3, -0.25) is 9.69 Å². The summed E-state index contributed by atoms with van der Waals surface area (Å²) in [6.07, 6.45) is 15.2. The van der Waals surface area contributed by atoms with Crippen LogP contribution < -0.4 is 5.32 Å². The van der Waals surface area contributed by atoms with Crippen LogP contribution >= 0.6 is 0 Å². The zero-order chi connectivity index (χ0) is 21.5. The number of fused-ring (bicyclic) bond motifs is 2. The fourth-order valence-electron chi connectivity index (χ4n) is 4.64. The van der Waals surface area contributed by atoms with Gasteiger partial charge in [0.2, 0.25) is 0 Å². The molecule has 0 radical (unpaired) electrons. The van der Waals surface area contributed by atoms with E-state index >= 15 is 0 Å². The molecule has 6 nitrogen and oxygen atoms in total. The lowest BCUT2D eigenvalue weighted by molar-refractivity contribution is -0.122. The highest BCUT2D eigenvalue weighted by Gasteiger charge is 2.25. The van der Waals surface area contributed by atoms with Crippen molar-refractivity contribution < 1.29 is 4.79 Å². The molecule has 0 saturated carbocycles. The molecule has 5 heterocycles. The Kier molecular flexibility index (Phi) is 5.02. The third-order valence-corrected chi connectivity index (χ3v) is 6.33. The van der Waals surface area contributed by atoms with Crippen LogP contribution in [0, 0.1) is 12.8 Å². The average molecular weight is 416 g/mol. The van der Waals surface area contributed by atoms with Crippen molar-refractivity contribution in [3.05, 3.63) is 77.7 Å². The number of amides is 1. The molecule has 2 atom stereocenters. The molecule has 0 aromatic carbocycles. The predicted molar refractivity (Wildman–Crippen MR) is 123 cm³/mol. The second kappa shape index (κ2) is 7.85. The van der Waals surface area contributed by atoms with Crippen molar-refractivity contribution in [3.63, 3.8) is 0 Å². The number of piperazine rings is 1. The van der Waals surface area contributed by atoms with Gasteiger partial charge >= 0.3 is 0 Å². The molecule has 1 N–H and O–H groups in total. The zero-order valence-corrected chi connectivity index (χ0v) is 18.4. The van der Waals surface area contributed by atoms with Crippen LogP contribution in [0.15, 0.2) is 66.4 Å². The average Bonchev–Trinajstić information content (AvgIpc) is 3.14. The summed E-state index contributed by atoms with van der Waals surface area (Å²) >= 11 is 0. The van der Waals surface area contributed by atoms with Crippen LogP contribution in [-0.2, 0) is 4.79 Å². The zero-order valence-electron chi connectivity index (χ0n) is 18.4. The van der Waals surface area contributed by atoms with Gasteiger partial charge in [0.05, 0.1) is 11.4 Å². The number of carbonyl (C=O) groups is 1. The van der Waals surface area contributed by atoms with Crippen LogP contribution in [-0.4, -0.2) is 50.8 Å². The van der Waals surface area contributed by atoms with Crippen LogP contribution in [0.25, 0.3) is 11.2 Å². The summed E-state index contributed by atoms with van der Waals surface area (Å²) < 4.78 is 2.04. The first-order chi connectivity index (χ1) is 15.0. The quantitative estimate of drug-likeness (QED) is 0.816. The molecule has 6 heteroatoms. The number of hydrogen-bond acceptors (Lipinski definition) is 4. The molecule has 1 amide bonds. The predicted octanol–water partition coefficient (Wildman–Crippen LogP) is 3.48. The first-order valence-corrected chi connectivity index (χ1v) is 11.1. The fraction of sp³-hybridized carbons (Fsp3) is 0.360. The Labute approximate surface area is 183 Å². The van der Waals surface area contributed by atoms with Crippen LogP contribution in [0.1, 0.15) is 31.5 Å². The lowest BCUT2D eigenvalue weighted by Crippen LogP contribution is -2.48. The maximum Gasteiger partial charge on any atom is 0.255 e. The van der Waals surface area contributed by atoms with Gasteiger partial charge in [-0.1, -0.05) is 13.0 Å². The summed E-state index contributed by atoms with van der Waals surface area (Å²) in [7, 11) is 0. The topological polar surface area (TPSA) is 52.9 Å². The van der Waals surface area contributed by atoms with Gasteiger partial charge in [0.15, 0.2) is 0 Å². The summed E-state index contributed by atoms with van der Waals surface area (Å²) in [5.74, 6) is 0.244. The maximum atomic E-state index is 13.4. The monoisotopic (exact) mass is 415 g/mol. The Hall–Kier alpha value is -3.12. The molecule has 5 rings (SSSR count). The summed E-state index contributed by atoms with van der Waals surface area (Å²) in [4.78, 5) is 22.0. The minimum atomic E-state index is -0.000239. The molecule has 160 valence electrons. The largest absolute Gasteiger partial charge is 0.368 e. The molecule has 2 aromatic heterocycles. The van der Waals surface area contributed by atoms with E-state index in [1.165, 1.54) is 0 Å². The highest BCUT2D eigenvalue weighted by molar-refractivity contribution is 5.98. The minimum Gasteiger partial charge on any atom is -0.368 e. The molecule has 1 fully saturated rings. The van der Waals surface area contributed by atoms with E-state index < -0.39 is 0 Å². The van der Waals surface area contributed by atoms with Crippen LogP contribution in [0.3, 0.4) is 0 Å². The van der Waals surface area contributed by atoms with Gasteiger partial charge in [0.1, 0.15) is 5.65 Å². The van der Waals surface area contributed by atoms with E-state index in [9.17, 15) is 4.79 Å². The first kappa shape index (κ1) is 19.8. The van der Waals surface area contributed by atoms with Crippen molar-refractivity contribution in [2.24, 2.45) is 5.92 Å². The summed E-state index contributed by atoms with van der Waals surface area (Å²) in [6.45, 7) is 9.23. The molecule has 2 aromatic rings. The number of nitrogens with zero attached hydrogens (tertiary/aromatic N) is 4. The van der Waals surface area contributed by atoms with Crippen molar-refractivity contribution in [2.75, 3.05) is 19.6 Å². The number of aryl methyl sites for hydroxylation is 1. The molecule has 3 aliphatic rings. The van der Waals surface area contributed by atoms with Gasteiger partial charge in [-0.25, -0.2) is 4.98 Å². The Bertz CT molecular complexity index is 1150. The second-order valence-corrected chi connectivity index (χ2v) is 8.83. The standard InChI is InChI=1S/C25H29N5O/c1-17-4-6-21-7-8-22(28-11-10-26-18(2)13-28)16-30(21)25(31)12-23(17)20-5-9-24-27-19(3)14-29(24)15-20/h5-9,12,14-18,26H,4,10-11,13H2,1-3H3. The number of aromatic nitrogens is 2.